The van der Waals surface area contributed by atoms with Gasteiger partial charge in [0, 0.05) is 12.1 Å². The summed E-state index contributed by atoms with van der Waals surface area (Å²) in [7, 11) is 0. The van der Waals surface area contributed by atoms with Crippen molar-refractivity contribution in [2.24, 2.45) is 11.8 Å². The summed E-state index contributed by atoms with van der Waals surface area (Å²) in [6, 6.07) is 7.58. The number of aryl methyl sites for hydroxylation is 1. The van der Waals surface area contributed by atoms with Gasteiger partial charge in [0.05, 0.1) is 5.69 Å². The molecule has 25 heavy (non-hydrogen) atoms. The van der Waals surface area contributed by atoms with Crippen LogP contribution in [0, 0.1) is 18.8 Å². The third kappa shape index (κ3) is 4.99. The molecular formula is C17H25ClN6O. The van der Waals surface area contributed by atoms with Gasteiger partial charge in [0.1, 0.15) is 0 Å². The van der Waals surface area contributed by atoms with E-state index in [9.17, 15) is 4.79 Å². The van der Waals surface area contributed by atoms with Crippen LogP contribution in [-0.2, 0) is 4.79 Å². The van der Waals surface area contributed by atoms with Crippen molar-refractivity contribution in [3.63, 3.8) is 0 Å². The van der Waals surface area contributed by atoms with E-state index < -0.39 is 0 Å². The molecule has 136 valence electrons. The number of hydrogen-bond acceptors (Lipinski definition) is 5. The van der Waals surface area contributed by atoms with Crippen LogP contribution in [0.25, 0.3) is 5.69 Å². The second-order valence-electron chi connectivity index (χ2n) is 6.51. The number of carbonyl (C=O) groups is 1. The standard InChI is InChI=1S/C17H24N6O.ClH/c1-12(14-6-8-18-9-7-14)10-17(24)19-15-4-3-5-16(11-15)23-13(2)20-21-22-23;/h3-5,11-12,14,18H,6-10H2,1-2H3,(H,19,24);1H. The zero-order valence-corrected chi connectivity index (χ0v) is 15.4. The van der Waals surface area contributed by atoms with Gasteiger partial charge in [-0.3, -0.25) is 4.79 Å². The van der Waals surface area contributed by atoms with Gasteiger partial charge in [-0.2, -0.15) is 4.68 Å². The minimum Gasteiger partial charge on any atom is -0.326 e. The number of halogens is 1. The van der Waals surface area contributed by atoms with Crippen LogP contribution in [0.1, 0.15) is 32.0 Å². The largest absolute Gasteiger partial charge is 0.326 e. The van der Waals surface area contributed by atoms with E-state index in [1.165, 1.54) is 0 Å². The van der Waals surface area contributed by atoms with Gasteiger partial charge in [-0.1, -0.05) is 13.0 Å². The van der Waals surface area contributed by atoms with E-state index >= 15 is 0 Å². The molecule has 1 aromatic heterocycles. The first-order chi connectivity index (χ1) is 11.6. The lowest BCUT2D eigenvalue weighted by molar-refractivity contribution is -0.117. The van der Waals surface area contributed by atoms with Gasteiger partial charge in [0.2, 0.25) is 5.91 Å². The van der Waals surface area contributed by atoms with Crippen LogP contribution in [-0.4, -0.2) is 39.2 Å². The molecule has 1 unspecified atom stereocenters. The molecule has 8 heteroatoms. The lowest BCUT2D eigenvalue weighted by atomic mass is 9.84. The van der Waals surface area contributed by atoms with Crippen LogP contribution < -0.4 is 10.6 Å². The fraction of sp³-hybridized carbons (Fsp3) is 0.529. The van der Waals surface area contributed by atoms with Crippen molar-refractivity contribution >= 4 is 24.0 Å². The molecule has 2 N–H and O–H groups in total. The average molecular weight is 365 g/mol. The summed E-state index contributed by atoms with van der Waals surface area (Å²) in [6.45, 7) is 6.14. The molecule has 1 amide bonds. The third-order valence-electron chi connectivity index (χ3n) is 4.70. The first-order valence-corrected chi connectivity index (χ1v) is 8.49. The Bertz CT molecular complexity index is 698. The summed E-state index contributed by atoms with van der Waals surface area (Å²) in [4.78, 5) is 12.4. The maximum atomic E-state index is 12.4. The second kappa shape index (κ2) is 8.92. The number of carbonyl (C=O) groups excluding carboxylic acids is 1. The molecule has 0 spiro atoms. The number of nitrogens with zero attached hydrogens (tertiary/aromatic N) is 4. The van der Waals surface area contributed by atoms with E-state index in [1.807, 2.05) is 31.2 Å². The molecule has 1 atom stereocenters. The number of rotatable bonds is 5. The van der Waals surface area contributed by atoms with Crippen LogP contribution in [0.4, 0.5) is 5.69 Å². The Morgan fingerprint density at radius 2 is 2.16 bits per heavy atom. The van der Waals surface area contributed by atoms with Gasteiger partial charge in [0.15, 0.2) is 5.82 Å². The van der Waals surface area contributed by atoms with Crippen LogP contribution in [0.5, 0.6) is 0 Å². The molecule has 3 rings (SSSR count). The van der Waals surface area contributed by atoms with Gasteiger partial charge >= 0.3 is 0 Å². The highest BCUT2D eigenvalue weighted by Gasteiger charge is 2.22. The Morgan fingerprint density at radius 3 is 2.84 bits per heavy atom. The smallest absolute Gasteiger partial charge is 0.224 e. The highest BCUT2D eigenvalue weighted by Crippen LogP contribution is 2.25. The molecule has 2 heterocycles. The average Bonchev–Trinajstić information content (AvgIpc) is 3.02. The highest BCUT2D eigenvalue weighted by atomic mass is 35.5. The number of hydrogen-bond donors (Lipinski definition) is 2. The molecule has 0 radical (unpaired) electrons. The molecular weight excluding hydrogens is 340 g/mol. The van der Waals surface area contributed by atoms with Gasteiger partial charge in [-0.25, -0.2) is 0 Å². The number of benzene rings is 1. The fourth-order valence-corrected chi connectivity index (χ4v) is 3.27. The van der Waals surface area contributed by atoms with Crippen LogP contribution in [0.2, 0.25) is 0 Å². The number of amides is 1. The molecule has 2 aromatic rings. The molecule has 0 bridgehead atoms. The maximum absolute atomic E-state index is 12.4. The number of piperidine rings is 1. The van der Waals surface area contributed by atoms with Gasteiger partial charge < -0.3 is 10.6 Å². The van der Waals surface area contributed by atoms with E-state index in [2.05, 4.69) is 33.1 Å². The van der Waals surface area contributed by atoms with E-state index in [-0.39, 0.29) is 18.3 Å². The first-order valence-electron chi connectivity index (χ1n) is 8.49. The van der Waals surface area contributed by atoms with Crippen molar-refractivity contribution in [3.05, 3.63) is 30.1 Å². The van der Waals surface area contributed by atoms with Crippen molar-refractivity contribution in [3.8, 4) is 5.69 Å². The topological polar surface area (TPSA) is 84.7 Å². The molecule has 7 nitrogen and oxygen atoms in total. The zero-order valence-electron chi connectivity index (χ0n) is 14.6. The summed E-state index contributed by atoms with van der Waals surface area (Å²) in [5.74, 6) is 1.80. The minimum atomic E-state index is 0. The predicted octanol–water partition coefficient (Wildman–Crippen LogP) is 2.36. The summed E-state index contributed by atoms with van der Waals surface area (Å²) in [5.41, 5.74) is 1.60. The van der Waals surface area contributed by atoms with Gasteiger partial charge in [-0.05, 0) is 73.3 Å². The van der Waals surface area contributed by atoms with E-state index in [0.717, 1.165) is 37.3 Å². The number of anilines is 1. The van der Waals surface area contributed by atoms with E-state index in [0.29, 0.717) is 24.1 Å². The monoisotopic (exact) mass is 364 g/mol. The Labute approximate surface area is 154 Å². The molecule has 1 aromatic carbocycles. The summed E-state index contributed by atoms with van der Waals surface area (Å²) in [5, 5.41) is 17.9. The quantitative estimate of drug-likeness (QED) is 0.850. The minimum absolute atomic E-state index is 0. The van der Waals surface area contributed by atoms with Crippen molar-refractivity contribution in [1.29, 1.82) is 0 Å². The van der Waals surface area contributed by atoms with Gasteiger partial charge in [-0.15, -0.1) is 17.5 Å². The summed E-state index contributed by atoms with van der Waals surface area (Å²) in [6.07, 6.45) is 2.86. The van der Waals surface area contributed by atoms with Crippen molar-refractivity contribution in [2.45, 2.75) is 33.1 Å². The lowest BCUT2D eigenvalue weighted by Crippen LogP contribution is -2.32. The van der Waals surface area contributed by atoms with Crippen LogP contribution >= 0.6 is 12.4 Å². The third-order valence-corrected chi connectivity index (χ3v) is 4.70. The van der Waals surface area contributed by atoms with Crippen LogP contribution in [0.15, 0.2) is 24.3 Å². The highest BCUT2D eigenvalue weighted by molar-refractivity contribution is 5.91. The Balaban J connectivity index is 0.00000225. The van der Waals surface area contributed by atoms with E-state index in [4.69, 9.17) is 0 Å². The Hall–Kier alpha value is -1.99. The predicted molar refractivity (Wildman–Crippen MR) is 99.1 cm³/mol. The summed E-state index contributed by atoms with van der Waals surface area (Å²) >= 11 is 0. The first kappa shape index (κ1) is 19.3. The second-order valence-corrected chi connectivity index (χ2v) is 6.51. The van der Waals surface area contributed by atoms with Crippen molar-refractivity contribution in [2.75, 3.05) is 18.4 Å². The lowest BCUT2D eigenvalue weighted by Gasteiger charge is -2.27. The molecule has 1 aliphatic rings. The normalized spacial score (nSPS) is 16.1. The Morgan fingerprint density at radius 1 is 1.40 bits per heavy atom. The number of aromatic nitrogens is 4. The zero-order chi connectivity index (χ0) is 16.9. The fourth-order valence-electron chi connectivity index (χ4n) is 3.27. The maximum Gasteiger partial charge on any atom is 0.224 e. The SMILES string of the molecule is Cc1nnnn1-c1cccc(NC(=O)CC(C)C2CCNCC2)c1.Cl. The molecule has 0 saturated carbocycles. The van der Waals surface area contributed by atoms with Crippen molar-refractivity contribution < 1.29 is 4.79 Å². The van der Waals surface area contributed by atoms with Crippen LogP contribution in [0.3, 0.4) is 0 Å². The van der Waals surface area contributed by atoms with Gasteiger partial charge in [0.25, 0.3) is 0 Å². The summed E-state index contributed by atoms with van der Waals surface area (Å²) < 4.78 is 1.65. The Kier molecular flexibility index (Phi) is 6.90. The molecule has 1 saturated heterocycles. The molecule has 1 fully saturated rings. The number of nitrogens with one attached hydrogen (secondary N) is 2. The number of tetrazole rings is 1. The van der Waals surface area contributed by atoms with Crippen molar-refractivity contribution in [1.82, 2.24) is 25.5 Å². The molecule has 1 aliphatic heterocycles. The molecule has 0 aliphatic carbocycles. The van der Waals surface area contributed by atoms with E-state index in [1.54, 1.807) is 4.68 Å².